The van der Waals surface area contributed by atoms with Crippen molar-refractivity contribution in [2.75, 3.05) is 101 Å². The highest BCUT2D eigenvalue weighted by Crippen LogP contribution is 2.41. The van der Waals surface area contributed by atoms with Crippen molar-refractivity contribution >= 4 is 92.3 Å². The van der Waals surface area contributed by atoms with E-state index >= 15 is 4.39 Å². The topological polar surface area (TPSA) is 163 Å². The number of nitrogens with zero attached hydrogens (tertiary/aromatic N) is 8. The molecular formula is C45H60F2I2N11O5P. The van der Waals surface area contributed by atoms with Crippen molar-refractivity contribution in [1.82, 2.24) is 33.3 Å². The number of halogens is 4. The van der Waals surface area contributed by atoms with Crippen molar-refractivity contribution in [1.29, 1.82) is 5.41 Å². The average molecular weight is 1160 g/mol. The Morgan fingerprint density at radius 1 is 1.08 bits per heavy atom. The number of rotatable bonds is 17. The van der Waals surface area contributed by atoms with Crippen LogP contribution in [0.5, 0.6) is 5.75 Å². The summed E-state index contributed by atoms with van der Waals surface area (Å²) in [6.45, 7) is 11.4. The molecule has 2 aromatic carbocycles. The number of nitrogens with one attached hydrogen (secondary N) is 3. The summed E-state index contributed by atoms with van der Waals surface area (Å²) in [5.74, 6) is 0.954. The van der Waals surface area contributed by atoms with E-state index in [2.05, 4.69) is 68.9 Å². The molecular weight excluding hydrogens is 1100 g/mol. The number of amides is 2. The Morgan fingerprint density at radius 2 is 1.79 bits per heavy atom. The Bertz CT molecular complexity index is 2190. The van der Waals surface area contributed by atoms with Gasteiger partial charge in [-0.25, -0.2) is 14.4 Å². The molecule has 2 amide bonds. The quantitative estimate of drug-likeness (QED) is 0.0457. The summed E-state index contributed by atoms with van der Waals surface area (Å²) >= 11 is 3.81. The number of likely N-dealkylation sites (N-methyl/N-ethyl adjacent to an activating group) is 1. The van der Waals surface area contributed by atoms with E-state index in [9.17, 15) is 24.3 Å². The summed E-state index contributed by atoms with van der Waals surface area (Å²) in [5.41, 5.74) is 3.53. The van der Waals surface area contributed by atoms with Crippen LogP contribution in [0.25, 0.3) is 0 Å². The Labute approximate surface area is 414 Å². The van der Waals surface area contributed by atoms with E-state index < -0.39 is 11.9 Å². The first-order chi connectivity index (χ1) is 31.8. The third-order valence-electron chi connectivity index (χ3n) is 13.1. The second-order valence-corrected chi connectivity index (χ2v) is 21.1. The van der Waals surface area contributed by atoms with Crippen LogP contribution in [0.1, 0.15) is 72.6 Å². The molecule has 8 rings (SSSR count). The van der Waals surface area contributed by atoms with E-state index in [0.29, 0.717) is 51.4 Å². The smallest absolute Gasteiger partial charge is 0.255 e. The molecule has 66 heavy (non-hydrogen) atoms. The molecule has 5 aliphatic rings. The number of carbonyl (C=O) groups excluding carboxylic acids is 3. The van der Waals surface area contributed by atoms with Crippen LogP contribution in [0, 0.1) is 17.1 Å². The molecule has 0 radical (unpaired) electrons. The minimum absolute atomic E-state index is 0.0117. The van der Waals surface area contributed by atoms with Crippen LogP contribution in [0.2, 0.25) is 0 Å². The highest BCUT2D eigenvalue weighted by Gasteiger charge is 2.41. The van der Waals surface area contributed by atoms with Gasteiger partial charge in [-0.05, 0) is 97.3 Å². The Balaban J connectivity index is 0.00000156. The van der Waals surface area contributed by atoms with Crippen molar-refractivity contribution in [3.63, 3.8) is 0 Å². The van der Waals surface area contributed by atoms with Gasteiger partial charge in [-0.3, -0.25) is 19.9 Å². The van der Waals surface area contributed by atoms with Crippen LogP contribution >= 0.6 is 51.3 Å². The number of carbonyl (C=O) groups is 3. The summed E-state index contributed by atoms with van der Waals surface area (Å²) < 4.78 is 39.9. The summed E-state index contributed by atoms with van der Waals surface area (Å²) in [7, 11) is 2.81. The van der Waals surface area contributed by atoms with E-state index in [1.54, 1.807) is 18.5 Å². The maximum atomic E-state index is 16.1. The molecule has 16 nitrogen and oxygen atoms in total. The predicted molar refractivity (Wildman–Crippen MR) is 271 cm³/mol. The van der Waals surface area contributed by atoms with E-state index in [0.717, 1.165) is 114 Å². The van der Waals surface area contributed by atoms with Gasteiger partial charge in [-0.15, -0.1) is 4.48 Å². The first-order valence-corrected chi connectivity index (χ1v) is 27.6. The van der Waals surface area contributed by atoms with Crippen LogP contribution in [-0.4, -0.2) is 156 Å². The zero-order valence-electron chi connectivity index (χ0n) is 37.7. The normalized spacial score (nSPS) is 20.5. The molecule has 1 aliphatic carbocycles. The predicted octanol–water partition coefficient (Wildman–Crippen LogP) is 6.26. The van der Waals surface area contributed by atoms with Gasteiger partial charge in [0, 0.05) is 121 Å². The molecule has 3 aromatic rings. The number of anilines is 3. The van der Waals surface area contributed by atoms with Gasteiger partial charge >= 0.3 is 0 Å². The van der Waals surface area contributed by atoms with Crippen LogP contribution in [0.4, 0.5) is 26.1 Å². The third kappa shape index (κ3) is 12.8. The van der Waals surface area contributed by atoms with Crippen molar-refractivity contribution < 1.29 is 32.7 Å². The van der Waals surface area contributed by atoms with Crippen LogP contribution in [0.3, 0.4) is 0 Å². The van der Waals surface area contributed by atoms with E-state index in [4.69, 9.17) is 9.47 Å². The lowest BCUT2D eigenvalue weighted by Gasteiger charge is -2.41. The second-order valence-electron chi connectivity index (χ2n) is 17.7. The van der Waals surface area contributed by atoms with Gasteiger partial charge in [0.25, 0.3) is 5.91 Å². The van der Waals surface area contributed by atoms with Crippen LogP contribution < -0.4 is 24.9 Å². The van der Waals surface area contributed by atoms with Crippen molar-refractivity contribution in [2.45, 2.75) is 69.7 Å². The van der Waals surface area contributed by atoms with Crippen LogP contribution in [-0.2, 0) is 20.9 Å². The fourth-order valence-corrected chi connectivity index (χ4v) is 10.4. The number of morpholine rings is 1. The molecule has 1 aromatic heterocycles. The zero-order valence-corrected chi connectivity index (χ0v) is 43.0. The van der Waals surface area contributed by atoms with Gasteiger partial charge in [-0.2, -0.15) is 0 Å². The van der Waals surface area contributed by atoms with E-state index in [-0.39, 0.29) is 48.5 Å². The first-order valence-electron chi connectivity index (χ1n) is 22.5. The van der Waals surface area contributed by atoms with Crippen LogP contribution in [0.15, 0.2) is 42.7 Å². The van der Waals surface area contributed by atoms with Gasteiger partial charge in [0.2, 0.25) is 5.91 Å². The van der Waals surface area contributed by atoms with Gasteiger partial charge in [0.15, 0.2) is 5.82 Å². The molecule has 3 saturated heterocycles. The average Bonchev–Trinajstić information content (AvgIpc) is 3.95. The highest BCUT2D eigenvalue weighted by atomic mass is 127. The number of ether oxygens (including phenoxy) is 2. The lowest BCUT2D eigenvalue weighted by Crippen LogP contribution is -2.53. The lowest BCUT2D eigenvalue weighted by atomic mass is 9.95. The molecule has 4 aliphatic heterocycles. The molecule has 358 valence electrons. The van der Waals surface area contributed by atoms with Crippen molar-refractivity contribution in [3.8, 4) is 5.75 Å². The first kappa shape index (κ1) is 50.5. The van der Waals surface area contributed by atoms with Gasteiger partial charge in [0.05, 0.1) is 59.2 Å². The monoisotopic (exact) mass is 1160 g/mol. The number of aldehydes is 1. The SMILES string of the molecule is CN(F)I.CNC(=O)C(CCC=O)N1Cc2c(ccc(N3CCC(CN4CCN(CC5CN(c6cc(C(=N)c7cc(OC8(C)CC8)ccc7NPI)ncn6)CCO5)CC4)CC3)c2F)C1=O. The standard InChI is InChI=1S/C44H57FIN10O5P.CH3FIN/c1-44(11-12-44)61-30-5-7-35(51-62-46)33(22-30)41(47)36-23-39(50-28-49-36)55-19-21-60-31(26-55)25-53-17-15-52(16-18-53)24-29-9-13-54(14-10-29)37-8-6-32-34(40(37)45)27-56(43(32)59)38(4-3-20-57)42(58)48-2;1-4(2)3/h5-8,20,22-23,28-29,31,38,47,51,62H,3-4,9-19,21,24-27H2,1-2H3,(H,48,58);1H3. The Morgan fingerprint density at radius 3 is 2.45 bits per heavy atom. The molecule has 3 atom stereocenters. The summed E-state index contributed by atoms with van der Waals surface area (Å²) in [5, 5.41) is 15.2. The minimum Gasteiger partial charge on any atom is -0.488 e. The van der Waals surface area contributed by atoms with E-state index in [1.807, 2.05) is 24.3 Å². The fraction of sp³-hybridized carbons (Fsp3) is 0.556. The second kappa shape index (κ2) is 23.3. The zero-order chi connectivity index (χ0) is 47.0. The van der Waals surface area contributed by atoms with Gasteiger partial charge in [0.1, 0.15) is 35.8 Å². The van der Waals surface area contributed by atoms with Gasteiger partial charge < -0.3 is 44.3 Å². The molecule has 1 saturated carbocycles. The summed E-state index contributed by atoms with van der Waals surface area (Å²) in [4.78, 5) is 56.8. The lowest BCUT2D eigenvalue weighted by molar-refractivity contribution is -0.125. The highest BCUT2D eigenvalue weighted by molar-refractivity contribution is 14.2. The molecule has 0 spiro atoms. The molecule has 21 heteroatoms. The molecule has 0 bridgehead atoms. The number of fused-ring (bicyclic) bond motifs is 1. The summed E-state index contributed by atoms with van der Waals surface area (Å²) in [6, 6.07) is 10.4. The number of aromatic nitrogens is 2. The van der Waals surface area contributed by atoms with Crippen molar-refractivity contribution in [2.24, 2.45) is 5.92 Å². The number of piperidine rings is 1. The largest absolute Gasteiger partial charge is 0.488 e. The fourth-order valence-electron chi connectivity index (χ4n) is 9.19. The number of piperazine rings is 1. The minimum atomic E-state index is -0.826. The Hall–Kier alpha value is -3.41. The molecule has 5 heterocycles. The number of hydrogen-bond donors (Lipinski definition) is 3. The van der Waals surface area contributed by atoms with E-state index in [1.165, 1.54) is 41.9 Å². The number of benzene rings is 2. The maximum absolute atomic E-state index is 16.1. The molecule has 4 fully saturated rings. The summed E-state index contributed by atoms with van der Waals surface area (Å²) in [6.07, 6.45) is 7.10. The maximum Gasteiger partial charge on any atom is 0.255 e. The molecule has 3 unspecified atom stereocenters. The third-order valence-corrected chi connectivity index (χ3v) is 14.2. The van der Waals surface area contributed by atoms with Crippen molar-refractivity contribution in [3.05, 3.63) is 70.9 Å². The van der Waals surface area contributed by atoms with Gasteiger partial charge in [-0.1, -0.05) is 3.34 Å². The number of hydrogen-bond acceptors (Lipinski definition) is 14. The Kier molecular flexibility index (Phi) is 17.8. The molecule has 3 N–H and O–H groups in total.